The Morgan fingerprint density at radius 1 is 1.25 bits per heavy atom. The summed E-state index contributed by atoms with van der Waals surface area (Å²) in [5.74, 6) is -1.01. The van der Waals surface area contributed by atoms with Crippen LogP contribution < -0.4 is 10.1 Å². The van der Waals surface area contributed by atoms with Crippen LogP contribution in [0.4, 0.5) is 0 Å². The van der Waals surface area contributed by atoms with Gasteiger partial charge in [-0.25, -0.2) is 0 Å². The molecular formula is C13H15Cl2NO4. The van der Waals surface area contributed by atoms with Crippen molar-refractivity contribution in [3.8, 4) is 5.75 Å². The second kappa shape index (κ2) is 7.36. The Balaban J connectivity index is 2.59. The highest BCUT2D eigenvalue weighted by atomic mass is 35.5. The van der Waals surface area contributed by atoms with E-state index in [0.29, 0.717) is 15.8 Å². The van der Waals surface area contributed by atoms with Crippen LogP contribution in [0.3, 0.4) is 0 Å². The monoisotopic (exact) mass is 319 g/mol. The van der Waals surface area contributed by atoms with Gasteiger partial charge in [0.05, 0.1) is 6.42 Å². The fourth-order valence-corrected chi connectivity index (χ4v) is 2.03. The van der Waals surface area contributed by atoms with Crippen LogP contribution >= 0.6 is 23.2 Å². The highest BCUT2D eigenvalue weighted by Gasteiger charge is 2.18. The van der Waals surface area contributed by atoms with Crippen molar-refractivity contribution >= 4 is 35.1 Å². The molecule has 0 aromatic heterocycles. The SMILES string of the molecule is CC(CC(=O)O)NC(=O)C(C)Oc1cc(Cl)cc(Cl)c1. The molecular weight excluding hydrogens is 305 g/mol. The van der Waals surface area contributed by atoms with E-state index in [0.717, 1.165) is 0 Å². The first-order valence-electron chi connectivity index (χ1n) is 5.93. The van der Waals surface area contributed by atoms with Crippen LogP contribution in [0.5, 0.6) is 5.75 Å². The molecule has 0 aliphatic heterocycles. The Bertz CT molecular complexity index is 487. The number of nitrogens with one attached hydrogen (secondary N) is 1. The molecule has 5 nitrogen and oxygen atoms in total. The first-order valence-corrected chi connectivity index (χ1v) is 6.68. The van der Waals surface area contributed by atoms with Crippen LogP contribution in [0.2, 0.25) is 10.0 Å². The number of carbonyl (C=O) groups is 2. The Labute approximate surface area is 126 Å². The Kier molecular flexibility index (Phi) is 6.10. The third-order valence-electron chi connectivity index (χ3n) is 2.39. The van der Waals surface area contributed by atoms with Crippen molar-refractivity contribution < 1.29 is 19.4 Å². The van der Waals surface area contributed by atoms with Crippen LogP contribution in [-0.2, 0) is 9.59 Å². The summed E-state index contributed by atoms with van der Waals surface area (Å²) in [4.78, 5) is 22.3. The molecule has 7 heteroatoms. The maximum Gasteiger partial charge on any atom is 0.305 e. The maximum atomic E-state index is 11.8. The largest absolute Gasteiger partial charge is 0.481 e. The van der Waals surface area contributed by atoms with E-state index < -0.39 is 24.0 Å². The van der Waals surface area contributed by atoms with E-state index >= 15 is 0 Å². The van der Waals surface area contributed by atoms with Gasteiger partial charge < -0.3 is 15.2 Å². The number of aliphatic carboxylic acids is 1. The molecule has 0 radical (unpaired) electrons. The van der Waals surface area contributed by atoms with Gasteiger partial charge in [0.1, 0.15) is 5.75 Å². The Morgan fingerprint density at radius 3 is 2.30 bits per heavy atom. The van der Waals surface area contributed by atoms with E-state index in [1.807, 2.05) is 0 Å². The molecule has 110 valence electrons. The number of hydrogen-bond acceptors (Lipinski definition) is 3. The third kappa shape index (κ3) is 5.67. The summed E-state index contributed by atoms with van der Waals surface area (Å²) in [6, 6.07) is 4.15. The molecule has 0 saturated carbocycles. The lowest BCUT2D eigenvalue weighted by Crippen LogP contribution is -2.42. The van der Waals surface area contributed by atoms with Gasteiger partial charge in [-0.15, -0.1) is 0 Å². The second-order valence-corrected chi connectivity index (χ2v) is 5.25. The zero-order chi connectivity index (χ0) is 15.3. The van der Waals surface area contributed by atoms with Gasteiger partial charge in [-0.05, 0) is 32.0 Å². The van der Waals surface area contributed by atoms with E-state index in [1.165, 1.54) is 12.1 Å². The van der Waals surface area contributed by atoms with Crippen LogP contribution in [0.1, 0.15) is 20.3 Å². The van der Waals surface area contributed by atoms with E-state index in [4.69, 9.17) is 33.0 Å². The van der Waals surface area contributed by atoms with Gasteiger partial charge in [0, 0.05) is 16.1 Å². The standard InChI is InChI=1S/C13H15Cl2NO4/c1-7(3-12(17)18)16-13(19)8(2)20-11-5-9(14)4-10(15)6-11/h4-8H,3H2,1-2H3,(H,16,19)(H,17,18). The summed E-state index contributed by atoms with van der Waals surface area (Å²) in [5, 5.41) is 12.0. The lowest BCUT2D eigenvalue weighted by atomic mass is 10.2. The number of amides is 1. The van der Waals surface area contributed by atoms with Gasteiger partial charge in [0.25, 0.3) is 5.91 Å². The molecule has 0 heterocycles. The Hall–Kier alpha value is -1.46. The molecule has 2 atom stereocenters. The zero-order valence-corrected chi connectivity index (χ0v) is 12.5. The van der Waals surface area contributed by atoms with Crippen molar-refractivity contribution in [3.05, 3.63) is 28.2 Å². The number of carbonyl (C=O) groups excluding carboxylic acids is 1. The van der Waals surface area contributed by atoms with E-state index in [2.05, 4.69) is 5.32 Å². The van der Waals surface area contributed by atoms with Crippen molar-refractivity contribution in [2.45, 2.75) is 32.4 Å². The first kappa shape index (κ1) is 16.6. The fourth-order valence-electron chi connectivity index (χ4n) is 1.53. The summed E-state index contributed by atoms with van der Waals surface area (Å²) in [6.45, 7) is 3.16. The molecule has 1 amide bonds. The lowest BCUT2D eigenvalue weighted by Gasteiger charge is -2.18. The number of halogens is 2. The molecule has 20 heavy (non-hydrogen) atoms. The Morgan fingerprint density at radius 2 is 1.80 bits per heavy atom. The first-order chi connectivity index (χ1) is 9.27. The number of carboxylic acid groups (broad SMARTS) is 1. The highest BCUT2D eigenvalue weighted by Crippen LogP contribution is 2.24. The maximum absolute atomic E-state index is 11.8. The van der Waals surface area contributed by atoms with Gasteiger partial charge in [-0.3, -0.25) is 9.59 Å². The van der Waals surface area contributed by atoms with Crippen molar-refractivity contribution in [2.75, 3.05) is 0 Å². The van der Waals surface area contributed by atoms with Gasteiger partial charge in [0.2, 0.25) is 0 Å². The number of carboxylic acids is 1. The summed E-state index contributed by atoms with van der Waals surface area (Å²) < 4.78 is 5.42. The van der Waals surface area contributed by atoms with Crippen molar-refractivity contribution in [1.82, 2.24) is 5.32 Å². The van der Waals surface area contributed by atoms with Gasteiger partial charge in [-0.1, -0.05) is 23.2 Å². The van der Waals surface area contributed by atoms with Gasteiger partial charge in [-0.2, -0.15) is 0 Å². The predicted molar refractivity (Wildman–Crippen MR) is 76.4 cm³/mol. The third-order valence-corrected chi connectivity index (χ3v) is 2.82. The fraction of sp³-hybridized carbons (Fsp3) is 0.385. The molecule has 0 bridgehead atoms. The highest BCUT2D eigenvalue weighted by molar-refractivity contribution is 6.34. The number of benzene rings is 1. The van der Waals surface area contributed by atoms with E-state index in [-0.39, 0.29) is 6.42 Å². The summed E-state index contributed by atoms with van der Waals surface area (Å²) >= 11 is 11.6. The molecule has 0 aliphatic carbocycles. The molecule has 0 saturated heterocycles. The number of rotatable bonds is 6. The van der Waals surface area contributed by atoms with Gasteiger partial charge in [0.15, 0.2) is 6.10 Å². The minimum atomic E-state index is -0.979. The van der Waals surface area contributed by atoms with Crippen molar-refractivity contribution in [3.63, 3.8) is 0 Å². The van der Waals surface area contributed by atoms with Crippen LogP contribution in [-0.4, -0.2) is 29.1 Å². The number of ether oxygens (including phenoxy) is 1. The van der Waals surface area contributed by atoms with Crippen molar-refractivity contribution in [2.24, 2.45) is 0 Å². The minimum Gasteiger partial charge on any atom is -0.481 e. The average Bonchev–Trinajstić information content (AvgIpc) is 2.25. The second-order valence-electron chi connectivity index (χ2n) is 4.37. The van der Waals surface area contributed by atoms with Crippen LogP contribution in [0.25, 0.3) is 0 Å². The molecule has 0 aliphatic rings. The normalized spacial score (nSPS) is 13.4. The smallest absolute Gasteiger partial charge is 0.305 e. The van der Waals surface area contributed by atoms with E-state index in [9.17, 15) is 9.59 Å². The van der Waals surface area contributed by atoms with Crippen LogP contribution in [0.15, 0.2) is 18.2 Å². The lowest BCUT2D eigenvalue weighted by molar-refractivity contribution is -0.137. The summed E-state index contributed by atoms with van der Waals surface area (Å²) in [6.07, 6.45) is -0.942. The minimum absolute atomic E-state index is 0.151. The van der Waals surface area contributed by atoms with E-state index in [1.54, 1.807) is 19.9 Å². The van der Waals surface area contributed by atoms with Crippen molar-refractivity contribution in [1.29, 1.82) is 0 Å². The molecule has 1 aromatic rings. The average molecular weight is 320 g/mol. The molecule has 0 spiro atoms. The molecule has 0 fully saturated rings. The predicted octanol–water partition coefficient (Wildman–Crippen LogP) is 2.74. The molecule has 1 aromatic carbocycles. The van der Waals surface area contributed by atoms with Crippen LogP contribution in [0, 0.1) is 0 Å². The number of hydrogen-bond donors (Lipinski definition) is 2. The summed E-state index contributed by atoms with van der Waals surface area (Å²) in [5.41, 5.74) is 0. The zero-order valence-electron chi connectivity index (χ0n) is 11.0. The quantitative estimate of drug-likeness (QED) is 0.845. The molecule has 2 N–H and O–H groups in total. The molecule has 2 unspecified atom stereocenters. The topological polar surface area (TPSA) is 75.6 Å². The molecule has 1 rings (SSSR count). The van der Waals surface area contributed by atoms with Gasteiger partial charge >= 0.3 is 5.97 Å². The summed E-state index contributed by atoms with van der Waals surface area (Å²) in [7, 11) is 0.